The van der Waals surface area contributed by atoms with Crippen LogP contribution < -0.4 is 15.5 Å². The van der Waals surface area contributed by atoms with Crippen LogP contribution >= 0.6 is 0 Å². The van der Waals surface area contributed by atoms with Gasteiger partial charge in [-0.2, -0.15) is 4.31 Å². The molecule has 3 unspecified atom stereocenters. The SMILES string of the molecule is CNC(C)C#CCOc1ccc(S(=O)(=O)N2CC(C)OC(C)(C)C2C(=O)NO)cc1. The fourth-order valence-electron chi connectivity index (χ4n) is 3.30. The maximum absolute atomic E-state index is 13.3. The standard InChI is InChI=1S/C20H29N3O6S/c1-14(21-5)7-6-12-28-16-8-10-17(11-9-16)30(26,27)23-13-15(2)29-20(3,4)18(23)19(24)22-25/h8-11,14-15,18,21,25H,12-13H2,1-5H3,(H,22,24). The van der Waals surface area contributed by atoms with Crippen LogP contribution in [0.3, 0.4) is 0 Å². The van der Waals surface area contributed by atoms with Gasteiger partial charge in [0.05, 0.1) is 22.6 Å². The van der Waals surface area contributed by atoms with E-state index in [0.29, 0.717) is 5.75 Å². The highest BCUT2D eigenvalue weighted by Crippen LogP contribution is 2.33. The number of rotatable bonds is 6. The van der Waals surface area contributed by atoms with Crippen LogP contribution in [0.25, 0.3) is 0 Å². The molecule has 0 bridgehead atoms. The number of benzene rings is 1. The first-order valence-corrected chi connectivity index (χ1v) is 11.0. The predicted molar refractivity (Wildman–Crippen MR) is 110 cm³/mol. The number of hydroxylamine groups is 1. The molecule has 1 heterocycles. The normalized spacial score (nSPS) is 22.5. The first-order valence-electron chi connectivity index (χ1n) is 9.55. The van der Waals surface area contributed by atoms with Crippen LogP contribution in [0.1, 0.15) is 27.7 Å². The fraction of sp³-hybridized carbons (Fsp3) is 0.550. The third-order valence-corrected chi connectivity index (χ3v) is 6.59. The molecule has 1 saturated heterocycles. The summed E-state index contributed by atoms with van der Waals surface area (Å²) in [5.41, 5.74) is 0.411. The first-order chi connectivity index (χ1) is 14.0. The largest absolute Gasteiger partial charge is 0.481 e. The lowest BCUT2D eigenvalue weighted by molar-refractivity contribution is -0.167. The van der Waals surface area contributed by atoms with Crippen molar-refractivity contribution < 1.29 is 27.9 Å². The summed E-state index contributed by atoms with van der Waals surface area (Å²) in [5, 5.41) is 12.1. The molecule has 2 rings (SSSR count). The molecule has 30 heavy (non-hydrogen) atoms. The van der Waals surface area contributed by atoms with Crippen molar-refractivity contribution >= 4 is 15.9 Å². The second-order valence-electron chi connectivity index (χ2n) is 7.58. The second-order valence-corrected chi connectivity index (χ2v) is 9.47. The van der Waals surface area contributed by atoms with E-state index in [2.05, 4.69) is 17.2 Å². The number of hydrogen-bond donors (Lipinski definition) is 3. The van der Waals surface area contributed by atoms with E-state index in [0.717, 1.165) is 4.31 Å². The van der Waals surface area contributed by atoms with Crippen molar-refractivity contribution in [2.45, 2.75) is 56.4 Å². The highest BCUT2D eigenvalue weighted by Gasteiger charge is 2.50. The molecule has 1 fully saturated rings. The molecule has 0 aromatic heterocycles. The molecule has 0 saturated carbocycles. The molecule has 3 atom stereocenters. The number of nitrogens with zero attached hydrogens (tertiary/aromatic N) is 1. The molecule has 166 valence electrons. The minimum atomic E-state index is -4.04. The molecule has 0 radical (unpaired) electrons. The van der Waals surface area contributed by atoms with Crippen molar-refractivity contribution in [1.29, 1.82) is 0 Å². The molecular weight excluding hydrogens is 410 g/mol. The monoisotopic (exact) mass is 439 g/mol. The first kappa shape index (κ1) is 24.1. The summed E-state index contributed by atoms with van der Waals surface area (Å²) < 4.78 is 38.9. The summed E-state index contributed by atoms with van der Waals surface area (Å²) >= 11 is 0. The van der Waals surface area contributed by atoms with Gasteiger partial charge >= 0.3 is 0 Å². The Kier molecular flexibility index (Phi) is 7.85. The Hall–Kier alpha value is -2.16. The summed E-state index contributed by atoms with van der Waals surface area (Å²) in [7, 11) is -2.23. The van der Waals surface area contributed by atoms with Gasteiger partial charge in [-0.15, -0.1) is 0 Å². The maximum Gasteiger partial charge on any atom is 0.264 e. The smallest absolute Gasteiger partial charge is 0.264 e. The molecule has 0 aliphatic carbocycles. The third-order valence-electron chi connectivity index (χ3n) is 4.74. The zero-order chi connectivity index (χ0) is 22.5. The highest BCUT2D eigenvalue weighted by molar-refractivity contribution is 7.89. The van der Waals surface area contributed by atoms with Gasteiger partial charge in [0.15, 0.2) is 0 Å². The lowest BCUT2D eigenvalue weighted by atomic mass is 9.95. The van der Waals surface area contributed by atoms with Gasteiger partial charge in [-0.05, 0) is 59.0 Å². The lowest BCUT2D eigenvalue weighted by Crippen LogP contribution is -2.65. The van der Waals surface area contributed by atoms with Crippen LogP contribution in [-0.4, -0.2) is 67.8 Å². The number of carbonyl (C=O) groups is 1. The topological polar surface area (TPSA) is 117 Å². The van der Waals surface area contributed by atoms with Crippen molar-refractivity contribution in [2.75, 3.05) is 20.2 Å². The molecule has 3 N–H and O–H groups in total. The molecule has 0 spiro atoms. The fourth-order valence-corrected chi connectivity index (χ4v) is 5.08. The average Bonchev–Trinajstić information content (AvgIpc) is 2.69. The molecule has 10 heteroatoms. The average molecular weight is 440 g/mol. The van der Waals surface area contributed by atoms with E-state index in [-0.39, 0.29) is 24.1 Å². The van der Waals surface area contributed by atoms with Crippen LogP contribution in [0.2, 0.25) is 0 Å². The van der Waals surface area contributed by atoms with E-state index < -0.39 is 33.7 Å². The molecule has 1 aromatic carbocycles. The van der Waals surface area contributed by atoms with Crippen molar-refractivity contribution in [2.24, 2.45) is 0 Å². The minimum Gasteiger partial charge on any atom is -0.481 e. The lowest BCUT2D eigenvalue weighted by Gasteiger charge is -2.46. The molecule has 9 nitrogen and oxygen atoms in total. The van der Waals surface area contributed by atoms with Gasteiger partial charge in [-0.3, -0.25) is 10.0 Å². The zero-order valence-electron chi connectivity index (χ0n) is 17.8. The van der Waals surface area contributed by atoms with Gasteiger partial charge < -0.3 is 14.8 Å². The summed E-state index contributed by atoms with van der Waals surface area (Å²) in [6.07, 6.45) is -0.432. The van der Waals surface area contributed by atoms with Crippen LogP contribution in [0.5, 0.6) is 5.75 Å². The number of nitrogens with one attached hydrogen (secondary N) is 2. The summed E-state index contributed by atoms with van der Waals surface area (Å²) in [6, 6.07) is 4.71. The van der Waals surface area contributed by atoms with Gasteiger partial charge in [0.1, 0.15) is 18.4 Å². The highest BCUT2D eigenvalue weighted by atomic mass is 32.2. The number of ether oxygens (including phenoxy) is 2. The van der Waals surface area contributed by atoms with E-state index in [4.69, 9.17) is 14.7 Å². The van der Waals surface area contributed by atoms with Crippen molar-refractivity contribution in [3.8, 4) is 17.6 Å². The molecule has 1 aromatic rings. The third kappa shape index (κ3) is 5.50. The summed E-state index contributed by atoms with van der Waals surface area (Å²) in [6.45, 7) is 7.01. The van der Waals surface area contributed by atoms with Gasteiger partial charge in [0.25, 0.3) is 5.91 Å². The Morgan fingerprint density at radius 3 is 2.60 bits per heavy atom. The Balaban J connectivity index is 2.24. The Bertz CT molecular complexity index is 905. The zero-order valence-corrected chi connectivity index (χ0v) is 18.6. The van der Waals surface area contributed by atoms with Gasteiger partial charge in [0.2, 0.25) is 10.0 Å². The van der Waals surface area contributed by atoms with Gasteiger partial charge in [-0.25, -0.2) is 13.9 Å². The van der Waals surface area contributed by atoms with Crippen LogP contribution in [0.15, 0.2) is 29.2 Å². The Morgan fingerprint density at radius 1 is 1.40 bits per heavy atom. The number of amides is 1. The van der Waals surface area contributed by atoms with Gasteiger partial charge in [0, 0.05) is 6.54 Å². The molecular formula is C20H29N3O6S. The second kappa shape index (κ2) is 9.76. The number of morpholine rings is 1. The molecule has 1 aliphatic rings. The number of sulfonamides is 1. The van der Waals surface area contributed by atoms with Gasteiger partial charge in [-0.1, -0.05) is 11.8 Å². The minimum absolute atomic E-state index is 0.00498. The van der Waals surface area contributed by atoms with Crippen LogP contribution in [0, 0.1) is 11.8 Å². The Morgan fingerprint density at radius 2 is 2.03 bits per heavy atom. The maximum atomic E-state index is 13.3. The van der Waals surface area contributed by atoms with Crippen molar-refractivity contribution in [3.63, 3.8) is 0 Å². The van der Waals surface area contributed by atoms with E-state index >= 15 is 0 Å². The van der Waals surface area contributed by atoms with E-state index in [1.54, 1.807) is 26.3 Å². The van der Waals surface area contributed by atoms with Crippen LogP contribution in [-0.2, 0) is 19.6 Å². The van der Waals surface area contributed by atoms with E-state index in [9.17, 15) is 13.2 Å². The van der Waals surface area contributed by atoms with E-state index in [1.165, 1.54) is 24.3 Å². The van der Waals surface area contributed by atoms with Crippen molar-refractivity contribution in [3.05, 3.63) is 24.3 Å². The quantitative estimate of drug-likeness (QED) is 0.340. The summed E-state index contributed by atoms with van der Waals surface area (Å²) in [4.78, 5) is 12.3. The number of carbonyl (C=O) groups excluding carboxylic acids is 1. The van der Waals surface area contributed by atoms with Crippen molar-refractivity contribution in [1.82, 2.24) is 15.1 Å². The van der Waals surface area contributed by atoms with E-state index in [1.807, 2.05) is 14.0 Å². The molecule has 1 amide bonds. The predicted octanol–water partition coefficient (Wildman–Crippen LogP) is 0.739. The Labute approximate surface area is 177 Å². The summed E-state index contributed by atoms with van der Waals surface area (Å²) in [5.74, 6) is 5.45. The number of hydrogen-bond acceptors (Lipinski definition) is 7. The molecule has 1 aliphatic heterocycles. The van der Waals surface area contributed by atoms with Crippen LogP contribution in [0.4, 0.5) is 0 Å².